The third kappa shape index (κ3) is 6.93. The highest BCUT2D eigenvalue weighted by Crippen LogP contribution is 2.30. The molecule has 0 aliphatic rings. The number of benzene rings is 4. The Morgan fingerprint density at radius 1 is 0.907 bits per heavy atom. The van der Waals surface area contributed by atoms with Crippen molar-refractivity contribution in [3.05, 3.63) is 125 Å². The van der Waals surface area contributed by atoms with Gasteiger partial charge in [0.15, 0.2) is 11.0 Å². The molecule has 1 amide bonds. The van der Waals surface area contributed by atoms with Gasteiger partial charge < -0.3 is 5.32 Å². The number of nitrogens with one attached hydrogen (secondary N) is 1. The Kier molecular flexibility index (Phi) is 9.19. The van der Waals surface area contributed by atoms with Gasteiger partial charge in [-0.1, -0.05) is 77.5 Å². The Balaban J connectivity index is 1.49. The van der Waals surface area contributed by atoms with E-state index < -0.39 is 10.0 Å². The van der Waals surface area contributed by atoms with Crippen LogP contribution in [0.15, 0.2) is 107 Å². The number of carbonyl (C=O) groups excluding carboxylic acids is 1. The van der Waals surface area contributed by atoms with Gasteiger partial charge in [0.05, 0.1) is 22.9 Å². The molecule has 0 bridgehead atoms. The van der Waals surface area contributed by atoms with E-state index in [4.69, 9.17) is 11.6 Å². The van der Waals surface area contributed by atoms with Crippen LogP contribution in [0.25, 0.3) is 5.69 Å². The number of rotatable bonds is 10. The van der Waals surface area contributed by atoms with E-state index in [1.165, 1.54) is 16.1 Å². The number of nitrogens with zero attached hydrogens (tertiary/aromatic N) is 4. The average Bonchev–Trinajstić information content (AvgIpc) is 3.40. The van der Waals surface area contributed by atoms with Crippen LogP contribution in [-0.4, -0.2) is 34.8 Å². The number of para-hydroxylation sites is 1. The summed E-state index contributed by atoms with van der Waals surface area (Å²) in [6.07, 6.45) is 0. The second kappa shape index (κ2) is 13.0. The molecule has 5 aromatic rings. The number of sulfonamides is 1. The molecule has 0 aliphatic heterocycles. The summed E-state index contributed by atoms with van der Waals surface area (Å²) in [6.45, 7) is 5.73. The van der Waals surface area contributed by atoms with Crippen molar-refractivity contribution in [2.75, 3.05) is 15.4 Å². The van der Waals surface area contributed by atoms with Crippen molar-refractivity contribution >= 4 is 50.7 Å². The molecule has 0 aliphatic carbocycles. The minimum absolute atomic E-state index is 0.0814. The molecule has 1 aromatic heterocycles. The fraction of sp³-hybridized carbons (Fsp3) is 0.156. The van der Waals surface area contributed by atoms with Crippen molar-refractivity contribution in [2.45, 2.75) is 37.4 Å². The monoisotopic (exact) mass is 631 g/mol. The van der Waals surface area contributed by atoms with Crippen molar-refractivity contribution in [3.63, 3.8) is 0 Å². The number of thioether (sulfide) groups is 1. The van der Waals surface area contributed by atoms with Gasteiger partial charge in [-0.15, -0.1) is 10.2 Å². The second-order valence-corrected chi connectivity index (χ2v) is 13.2. The average molecular weight is 632 g/mol. The molecule has 4 aromatic carbocycles. The number of carbonyl (C=O) groups is 1. The smallest absolute Gasteiger partial charge is 0.264 e. The lowest BCUT2D eigenvalue weighted by Crippen LogP contribution is -2.31. The SMILES string of the molecule is Cc1ccc(S(=O)(=O)N(Cc2nnc(SCC(=O)Nc3cccc(C)c3C)n2-c2ccccc2)c2cccc(Cl)c2)cc1. The van der Waals surface area contributed by atoms with Crippen molar-refractivity contribution in [2.24, 2.45) is 0 Å². The Bertz CT molecular complexity index is 1860. The van der Waals surface area contributed by atoms with Gasteiger partial charge in [-0.2, -0.15) is 0 Å². The van der Waals surface area contributed by atoms with Crippen LogP contribution >= 0.6 is 23.4 Å². The summed E-state index contributed by atoms with van der Waals surface area (Å²) < 4.78 is 31.1. The van der Waals surface area contributed by atoms with Crippen molar-refractivity contribution in [1.29, 1.82) is 0 Å². The molecule has 220 valence electrons. The normalized spacial score (nSPS) is 11.3. The zero-order chi connectivity index (χ0) is 30.6. The number of hydrogen-bond donors (Lipinski definition) is 1. The van der Waals surface area contributed by atoms with E-state index in [1.807, 2.05) is 69.3 Å². The third-order valence-corrected chi connectivity index (χ3v) is 9.87. The van der Waals surface area contributed by atoms with Gasteiger partial charge in [0, 0.05) is 16.4 Å². The molecule has 0 saturated heterocycles. The summed E-state index contributed by atoms with van der Waals surface area (Å²) in [7, 11) is -4.02. The molecule has 1 N–H and O–H groups in total. The highest BCUT2D eigenvalue weighted by atomic mass is 35.5. The van der Waals surface area contributed by atoms with Crippen LogP contribution < -0.4 is 9.62 Å². The second-order valence-electron chi connectivity index (χ2n) is 9.96. The lowest BCUT2D eigenvalue weighted by molar-refractivity contribution is -0.113. The number of aromatic nitrogens is 3. The molecule has 0 saturated carbocycles. The highest BCUT2D eigenvalue weighted by molar-refractivity contribution is 7.99. The molecule has 0 spiro atoms. The molecule has 0 radical (unpaired) electrons. The summed E-state index contributed by atoms with van der Waals surface area (Å²) in [5, 5.41) is 12.6. The Morgan fingerprint density at radius 2 is 1.63 bits per heavy atom. The largest absolute Gasteiger partial charge is 0.325 e. The fourth-order valence-electron chi connectivity index (χ4n) is 4.45. The van der Waals surface area contributed by atoms with E-state index in [9.17, 15) is 13.2 Å². The third-order valence-electron chi connectivity index (χ3n) is 6.92. The zero-order valence-electron chi connectivity index (χ0n) is 23.9. The molecular weight excluding hydrogens is 602 g/mol. The number of hydrogen-bond acceptors (Lipinski definition) is 6. The van der Waals surface area contributed by atoms with Gasteiger partial charge in [-0.3, -0.25) is 13.7 Å². The zero-order valence-corrected chi connectivity index (χ0v) is 26.2. The molecule has 11 heteroatoms. The summed E-state index contributed by atoms with van der Waals surface area (Å²) in [6, 6.07) is 28.5. The van der Waals surface area contributed by atoms with Gasteiger partial charge >= 0.3 is 0 Å². The topological polar surface area (TPSA) is 97.2 Å². The molecule has 8 nitrogen and oxygen atoms in total. The summed E-state index contributed by atoms with van der Waals surface area (Å²) in [5.41, 5.74) is 4.92. The Hall–Kier alpha value is -4.12. The van der Waals surface area contributed by atoms with Crippen molar-refractivity contribution in [3.8, 4) is 5.69 Å². The van der Waals surface area contributed by atoms with E-state index in [0.29, 0.717) is 21.7 Å². The number of anilines is 2. The predicted octanol–water partition coefficient (Wildman–Crippen LogP) is 6.97. The predicted molar refractivity (Wildman–Crippen MR) is 173 cm³/mol. The van der Waals surface area contributed by atoms with Gasteiger partial charge in [0.2, 0.25) is 5.91 Å². The molecule has 0 unspecified atom stereocenters. The Morgan fingerprint density at radius 3 is 2.35 bits per heavy atom. The standard InChI is InChI=1S/C32H30ClN5O3S2/c1-22-15-17-28(18-16-22)43(40,41)37(27-13-8-10-25(33)19-27)20-30-35-36-32(38(30)26-11-5-4-6-12-26)42-21-31(39)34-29-14-7-9-23(2)24(29)3/h4-19H,20-21H2,1-3H3,(H,34,39). The first kappa shape index (κ1) is 30.3. The summed E-state index contributed by atoms with van der Waals surface area (Å²) >= 11 is 7.51. The van der Waals surface area contributed by atoms with Crippen LogP contribution in [0.4, 0.5) is 11.4 Å². The fourth-order valence-corrected chi connectivity index (χ4v) is 6.81. The van der Waals surface area contributed by atoms with Crippen LogP contribution in [0, 0.1) is 20.8 Å². The van der Waals surface area contributed by atoms with E-state index in [1.54, 1.807) is 53.1 Å². The number of amides is 1. The van der Waals surface area contributed by atoms with E-state index in [-0.39, 0.29) is 23.1 Å². The molecule has 0 atom stereocenters. The highest BCUT2D eigenvalue weighted by Gasteiger charge is 2.28. The minimum atomic E-state index is -4.02. The van der Waals surface area contributed by atoms with Gasteiger partial charge in [-0.25, -0.2) is 8.42 Å². The maximum Gasteiger partial charge on any atom is 0.264 e. The minimum Gasteiger partial charge on any atom is -0.325 e. The molecule has 43 heavy (non-hydrogen) atoms. The molecule has 1 heterocycles. The maximum atomic E-state index is 14.0. The lowest BCUT2D eigenvalue weighted by Gasteiger charge is -2.25. The van der Waals surface area contributed by atoms with Gasteiger partial charge in [-0.05, 0) is 80.4 Å². The Labute approximate surface area is 260 Å². The van der Waals surface area contributed by atoms with Gasteiger partial charge in [0.1, 0.15) is 0 Å². The van der Waals surface area contributed by atoms with Crippen LogP contribution in [-0.2, 0) is 21.4 Å². The summed E-state index contributed by atoms with van der Waals surface area (Å²) in [5.74, 6) is 0.266. The van der Waals surface area contributed by atoms with Gasteiger partial charge in [0.25, 0.3) is 10.0 Å². The molecule has 0 fully saturated rings. The van der Waals surface area contributed by atoms with Crippen LogP contribution in [0.2, 0.25) is 5.02 Å². The van der Waals surface area contributed by atoms with Crippen LogP contribution in [0.5, 0.6) is 0 Å². The first-order chi connectivity index (χ1) is 20.6. The quantitative estimate of drug-likeness (QED) is 0.167. The maximum absolute atomic E-state index is 14.0. The summed E-state index contributed by atoms with van der Waals surface area (Å²) in [4.78, 5) is 13.1. The number of halogens is 1. The van der Waals surface area contributed by atoms with E-state index >= 15 is 0 Å². The van der Waals surface area contributed by atoms with E-state index in [0.717, 1.165) is 28.1 Å². The first-order valence-electron chi connectivity index (χ1n) is 13.5. The van der Waals surface area contributed by atoms with Crippen molar-refractivity contribution < 1.29 is 13.2 Å². The van der Waals surface area contributed by atoms with Crippen molar-refractivity contribution in [1.82, 2.24) is 14.8 Å². The molecule has 5 rings (SSSR count). The van der Waals surface area contributed by atoms with E-state index in [2.05, 4.69) is 15.5 Å². The van der Waals surface area contributed by atoms with Crippen LogP contribution in [0.3, 0.4) is 0 Å². The van der Waals surface area contributed by atoms with Crippen LogP contribution in [0.1, 0.15) is 22.5 Å². The molecular formula is C32H30ClN5O3S2. The first-order valence-corrected chi connectivity index (χ1v) is 16.3. The number of aryl methyl sites for hydroxylation is 2. The lowest BCUT2D eigenvalue weighted by atomic mass is 10.1.